The minimum atomic E-state index is -1.09. The first-order valence-corrected chi connectivity index (χ1v) is 6.94. The monoisotopic (exact) mass is 320 g/mol. The maximum Gasteiger partial charge on any atom is 0.408 e. The van der Waals surface area contributed by atoms with Crippen LogP contribution in [0.15, 0.2) is 30.3 Å². The summed E-state index contributed by atoms with van der Waals surface area (Å²) in [5, 5.41) is 13.6. The van der Waals surface area contributed by atoms with Crippen LogP contribution in [-0.4, -0.2) is 35.2 Å². The zero-order chi connectivity index (χ0) is 17.5. The van der Waals surface area contributed by atoms with E-state index in [1.807, 2.05) is 0 Å². The zero-order valence-corrected chi connectivity index (χ0v) is 13.3. The highest BCUT2D eigenvalue weighted by molar-refractivity contribution is 5.96. The molecule has 124 valence electrons. The summed E-state index contributed by atoms with van der Waals surface area (Å²) in [6.45, 7) is 4.90. The first kappa shape index (κ1) is 18.2. The van der Waals surface area contributed by atoms with Crippen molar-refractivity contribution < 1.29 is 24.2 Å². The minimum absolute atomic E-state index is 0.258. The summed E-state index contributed by atoms with van der Waals surface area (Å²) in [7, 11) is 0. The van der Waals surface area contributed by atoms with Gasteiger partial charge in [-0.05, 0) is 38.5 Å². The van der Waals surface area contributed by atoms with Gasteiger partial charge in [0.25, 0.3) is 0 Å². The van der Waals surface area contributed by atoms with Gasteiger partial charge in [-0.15, -0.1) is 0 Å². The second-order valence-electron chi connectivity index (χ2n) is 5.66. The van der Waals surface area contributed by atoms with Gasteiger partial charge in [0.2, 0.25) is 5.91 Å². The van der Waals surface area contributed by atoms with Gasteiger partial charge in [-0.3, -0.25) is 4.79 Å². The van der Waals surface area contributed by atoms with Crippen molar-refractivity contribution in [3.63, 3.8) is 0 Å². The minimum Gasteiger partial charge on any atom is -0.478 e. The summed E-state index contributed by atoms with van der Waals surface area (Å²) >= 11 is 0. The van der Waals surface area contributed by atoms with E-state index in [1.54, 1.807) is 45.0 Å². The molecule has 1 aromatic rings. The van der Waals surface area contributed by atoms with Crippen LogP contribution < -0.4 is 10.6 Å². The summed E-state index contributed by atoms with van der Waals surface area (Å²) in [5.41, 5.74) is 0.343. The number of carbonyl (C=O) groups excluding carboxylic acids is 2. The molecule has 0 aliphatic heterocycles. The Bertz CT molecular complexity index is 617. The molecule has 0 aliphatic carbocycles. The molecule has 0 unspecified atom stereocenters. The standard InChI is InChI=1S/C16H20N2O5/c1-16(2,3)23-15(22)17-10-13(19)18-12-7-5-4-6-11(12)8-9-14(20)21/h4-9H,10H2,1-3H3,(H,17,22)(H,18,19)(H,20,21)/b9-8+. The van der Waals surface area contributed by atoms with Gasteiger partial charge in [-0.2, -0.15) is 0 Å². The Morgan fingerprint density at radius 3 is 2.48 bits per heavy atom. The Morgan fingerprint density at radius 1 is 1.22 bits per heavy atom. The van der Waals surface area contributed by atoms with E-state index in [1.165, 1.54) is 6.08 Å². The van der Waals surface area contributed by atoms with Crippen molar-refractivity contribution in [2.75, 3.05) is 11.9 Å². The molecule has 0 saturated heterocycles. The van der Waals surface area contributed by atoms with Crippen molar-refractivity contribution in [2.24, 2.45) is 0 Å². The number of para-hydroxylation sites is 1. The number of carboxylic acid groups (broad SMARTS) is 1. The van der Waals surface area contributed by atoms with Gasteiger partial charge < -0.3 is 20.5 Å². The number of nitrogens with one attached hydrogen (secondary N) is 2. The topological polar surface area (TPSA) is 105 Å². The second-order valence-corrected chi connectivity index (χ2v) is 5.66. The number of ether oxygens (including phenoxy) is 1. The highest BCUT2D eigenvalue weighted by Gasteiger charge is 2.16. The normalized spacial score (nSPS) is 11.1. The lowest BCUT2D eigenvalue weighted by molar-refractivity contribution is -0.131. The first-order valence-electron chi connectivity index (χ1n) is 6.94. The van der Waals surface area contributed by atoms with E-state index in [2.05, 4.69) is 10.6 Å². The lowest BCUT2D eigenvalue weighted by Crippen LogP contribution is -2.37. The molecular weight excluding hydrogens is 300 g/mol. The predicted molar refractivity (Wildman–Crippen MR) is 86.0 cm³/mol. The fourth-order valence-corrected chi connectivity index (χ4v) is 1.58. The van der Waals surface area contributed by atoms with Crippen LogP contribution in [0.3, 0.4) is 0 Å². The number of hydrogen-bond donors (Lipinski definition) is 3. The highest BCUT2D eigenvalue weighted by atomic mass is 16.6. The van der Waals surface area contributed by atoms with Gasteiger partial charge >= 0.3 is 12.1 Å². The molecule has 0 aliphatic rings. The fraction of sp³-hybridized carbons (Fsp3) is 0.312. The Kier molecular flexibility index (Phi) is 6.32. The summed E-state index contributed by atoms with van der Waals surface area (Å²) < 4.78 is 5.02. The Morgan fingerprint density at radius 2 is 1.87 bits per heavy atom. The molecule has 3 N–H and O–H groups in total. The molecule has 0 bridgehead atoms. The number of anilines is 1. The van der Waals surface area contributed by atoms with Crippen LogP contribution in [0.4, 0.5) is 10.5 Å². The summed E-state index contributed by atoms with van der Waals surface area (Å²) in [6, 6.07) is 6.72. The van der Waals surface area contributed by atoms with Gasteiger partial charge in [-0.1, -0.05) is 18.2 Å². The van der Waals surface area contributed by atoms with Gasteiger partial charge in [-0.25, -0.2) is 9.59 Å². The van der Waals surface area contributed by atoms with Crippen molar-refractivity contribution in [1.29, 1.82) is 0 Å². The SMILES string of the molecule is CC(C)(C)OC(=O)NCC(=O)Nc1ccccc1/C=C/C(=O)O. The maximum atomic E-state index is 11.9. The summed E-state index contributed by atoms with van der Waals surface area (Å²) in [4.78, 5) is 33.9. The molecule has 7 heteroatoms. The van der Waals surface area contributed by atoms with Crippen molar-refractivity contribution in [3.8, 4) is 0 Å². The molecule has 0 saturated carbocycles. The predicted octanol–water partition coefficient (Wildman–Crippen LogP) is 2.25. The van der Waals surface area contributed by atoms with Crippen LogP contribution >= 0.6 is 0 Å². The molecule has 0 spiro atoms. The average Bonchev–Trinajstić information content (AvgIpc) is 2.42. The number of carbonyl (C=O) groups is 3. The molecule has 1 aromatic carbocycles. The lowest BCUT2D eigenvalue weighted by atomic mass is 10.1. The number of benzene rings is 1. The van der Waals surface area contributed by atoms with Crippen LogP contribution in [0, 0.1) is 0 Å². The number of aliphatic carboxylic acids is 1. The zero-order valence-electron chi connectivity index (χ0n) is 13.3. The summed E-state index contributed by atoms with van der Waals surface area (Å²) in [5.74, 6) is -1.54. The van der Waals surface area contributed by atoms with E-state index in [0.717, 1.165) is 6.08 Å². The van der Waals surface area contributed by atoms with E-state index in [0.29, 0.717) is 11.3 Å². The molecule has 23 heavy (non-hydrogen) atoms. The number of hydrogen-bond acceptors (Lipinski definition) is 4. The van der Waals surface area contributed by atoms with Crippen molar-refractivity contribution in [1.82, 2.24) is 5.32 Å². The second kappa shape index (κ2) is 7.98. The van der Waals surface area contributed by atoms with Gasteiger partial charge in [0, 0.05) is 11.8 Å². The molecule has 0 radical (unpaired) electrons. The van der Waals surface area contributed by atoms with E-state index in [-0.39, 0.29) is 6.54 Å². The van der Waals surface area contributed by atoms with Gasteiger partial charge in [0.1, 0.15) is 12.1 Å². The number of alkyl carbamates (subject to hydrolysis) is 1. The molecule has 0 heterocycles. The number of rotatable bonds is 5. The van der Waals surface area contributed by atoms with Gasteiger partial charge in [0.15, 0.2) is 0 Å². The molecule has 1 rings (SSSR count). The quantitative estimate of drug-likeness (QED) is 0.722. The molecule has 0 aromatic heterocycles. The number of amides is 2. The molecule has 7 nitrogen and oxygen atoms in total. The molecular formula is C16H20N2O5. The molecule has 0 atom stereocenters. The Labute approximate surface area is 134 Å². The third kappa shape index (κ3) is 7.66. The largest absolute Gasteiger partial charge is 0.478 e. The van der Waals surface area contributed by atoms with E-state index < -0.39 is 23.6 Å². The van der Waals surface area contributed by atoms with Crippen LogP contribution in [0.25, 0.3) is 6.08 Å². The van der Waals surface area contributed by atoms with Crippen molar-refractivity contribution >= 4 is 29.7 Å². The van der Waals surface area contributed by atoms with Crippen molar-refractivity contribution in [2.45, 2.75) is 26.4 Å². The third-order valence-electron chi connectivity index (χ3n) is 2.43. The lowest BCUT2D eigenvalue weighted by Gasteiger charge is -2.19. The van der Waals surface area contributed by atoms with Gasteiger partial charge in [0.05, 0.1) is 0 Å². The molecule has 2 amide bonds. The maximum absolute atomic E-state index is 11.9. The number of carboxylic acids is 1. The van der Waals surface area contributed by atoms with E-state index >= 15 is 0 Å². The van der Waals surface area contributed by atoms with Crippen LogP contribution in [-0.2, 0) is 14.3 Å². The van der Waals surface area contributed by atoms with Crippen LogP contribution in [0.5, 0.6) is 0 Å². The van der Waals surface area contributed by atoms with E-state index in [9.17, 15) is 14.4 Å². The van der Waals surface area contributed by atoms with Crippen LogP contribution in [0.1, 0.15) is 26.3 Å². The fourth-order valence-electron chi connectivity index (χ4n) is 1.58. The smallest absolute Gasteiger partial charge is 0.408 e. The highest BCUT2D eigenvalue weighted by Crippen LogP contribution is 2.16. The van der Waals surface area contributed by atoms with Crippen LogP contribution in [0.2, 0.25) is 0 Å². The average molecular weight is 320 g/mol. The third-order valence-corrected chi connectivity index (χ3v) is 2.43. The van der Waals surface area contributed by atoms with E-state index in [4.69, 9.17) is 9.84 Å². The molecule has 0 fully saturated rings. The Hall–Kier alpha value is -2.83. The Balaban J connectivity index is 2.61. The summed E-state index contributed by atoms with van der Waals surface area (Å²) in [6.07, 6.45) is 1.66. The van der Waals surface area contributed by atoms with Crippen molar-refractivity contribution in [3.05, 3.63) is 35.9 Å². The first-order chi connectivity index (χ1) is 10.7.